The minimum Gasteiger partial charge on any atom is -0.423 e. The van der Waals surface area contributed by atoms with E-state index in [4.69, 9.17) is 10.0 Å². The maximum atomic E-state index is 11.8. The topological polar surface area (TPSA) is 69.6 Å². The largest absolute Gasteiger partial charge is 0.488 e. The second-order valence-electron chi connectivity index (χ2n) is 5.77. The molecule has 0 fully saturated rings. The maximum Gasteiger partial charge on any atom is 0.488 e. The molecule has 0 aliphatic carbocycles. The molecular weight excluding hydrogens is 277 g/mol. The Hall–Kier alpha value is -1.33. The maximum absolute atomic E-state index is 11.8. The summed E-state index contributed by atoms with van der Waals surface area (Å²) >= 11 is 0. The molecular formula is C17H28BNO3. The van der Waals surface area contributed by atoms with Crippen molar-refractivity contribution in [2.75, 3.05) is 5.32 Å². The number of carbonyl (C=O) groups is 1. The smallest absolute Gasteiger partial charge is 0.423 e. The Morgan fingerprint density at radius 1 is 1.05 bits per heavy atom. The summed E-state index contributed by atoms with van der Waals surface area (Å²) < 4.78 is 0. The van der Waals surface area contributed by atoms with Crippen LogP contribution in [-0.2, 0) is 4.79 Å². The second kappa shape index (κ2) is 11.3. The molecule has 1 amide bonds. The van der Waals surface area contributed by atoms with Crippen molar-refractivity contribution >= 4 is 24.2 Å². The van der Waals surface area contributed by atoms with Crippen molar-refractivity contribution in [3.05, 3.63) is 24.3 Å². The molecule has 0 aromatic heterocycles. The minimum absolute atomic E-state index is 0.0180. The van der Waals surface area contributed by atoms with Crippen molar-refractivity contribution in [3.63, 3.8) is 0 Å². The highest BCUT2D eigenvalue weighted by molar-refractivity contribution is 6.58. The van der Waals surface area contributed by atoms with Crippen LogP contribution in [0.5, 0.6) is 0 Å². The van der Waals surface area contributed by atoms with Crippen LogP contribution in [0.3, 0.4) is 0 Å². The number of carbonyl (C=O) groups excluding carboxylic acids is 1. The zero-order valence-corrected chi connectivity index (χ0v) is 13.6. The van der Waals surface area contributed by atoms with Gasteiger partial charge in [-0.25, -0.2) is 0 Å². The minimum atomic E-state index is -1.51. The predicted molar refractivity (Wildman–Crippen MR) is 92.1 cm³/mol. The molecule has 0 spiro atoms. The van der Waals surface area contributed by atoms with E-state index in [1.54, 1.807) is 24.3 Å². The van der Waals surface area contributed by atoms with Crippen LogP contribution in [0.25, 0.3) is 0 Å². The molecule has 0 aliphatic rings. The van der Waals surface area contributed by atoms with E-state index in [9.17, 15) is 4.79 Å². The number of amides is 1. The lowest BCUT2D eigenvalue weighted by Gasteiger charge is -2.07. The van der Waals surface area contributed by atoms with Crippen LogP contribution in [0.15, 0.2) is 24.3 Å². The number of nitrogens with one attached hydrogen (secondary N) is 1. The second-order valence-corrected chi connectivity index (χ2v) is 5.77. The first-order valence-electron chi connectivity index (χ1n) is 8.39. The van der Waals surface area contributed by atoms with Gasteiger partial charge in [-0.3, -0.25) is 4.79 Å². The molecule has 1 aromatic carbocycles. The average Bonchev–Trinajstić information content (AvgIpc) is 2.50. The van der Waals surface area contributed by atoms with Crippen molar-refractivity contribution in [3.8, 4) is 0 Å². The SMILES string of the molecule is CCCCCCCCCCC(=O)Nc1cccc(B(O)O)c1. The van der Waals surface area contributed by atoms with Crippen LogP contribution < -0.4 is 10.8 Å². The van der Waals surface area contributed by atoms with E-state index < -0.39 is 7.12 Å². The highest BCUT2D eigenvalue weighted by atomic mass is 16.4. The number of rotatable bonds is 11. The Balaban J connectivity index is 2.14. The fraction of sp³-hybridized carbons (Fsp3) is 0.588. The van der Waals surface area contributed by atoms with E-state index in [2.05, 4.69) is 12.2 Å². The molecule has 1 aromatic rings. The van der Waals surface area contributed by atoms with Gasteiger partial charge in [0.15, 0.2) is 0 Å². The van der Waals surface area contributed by atoms with Crippen LogP contribution in [-0.4, -0.2) is 23.1 Å². The van der Waals surface area contributed by atoms with E-state index in [0.717, 1.165) is 12.8 Å². The summed E-state index contributed by atoms with van der Waals surface area (Å²) in [4.78, 5) is 11.8. The van der Waals surface area contributed by atoms with Gasteiger partial charge in [0.25, 0.3) is 0 Å². The van der Waals surface area contributed by atoms with Crippen molar-refractivity contribution in [2.45, 2.75) is 64.7 Å². The molecule has 0 radical (unpaired) electrons. The Morgan fingerprint density at radius 2 is 1.68 bits per heavy atom. The Bertz CT molecular complexity index is 438. The van der Waals surface area contributed by atoms with Gasteiger partial charge in [-0.05, 0) is 24.0 Å². The lowest BCUT2D eigenvalue weighted by atomic mass is 9.80. The number of unbranched alkanes of at least 4 members (excludes halogenated alkanes) is 7. The molecule has 3 N–H and O–H groups in total. The third-order valence-corrected chi connectivity index (χ3v) is 3.73. The highest BCUT2D eigenvalue weighted by Gasteiger charge is 2.11. The van der Waals surface area contributed by atoms with Crippen molar-refractivity contribution in [1.82, 2.24) is 0 Å². The summed E-state index contributed by atoms with van der Waals surface area (Å²) in [6.45, 7) is 2.22. The van der Waals surface area contributed by atoms with Gasteiger partial charge < -0.3 is 15.4 Å². The first-order chi connectivity index (χ1) is 10.6. The quantitative estimate of drug-likeness (QED) is 0.435. The molecule has 4 nitrogen and oxygen atoms in total. The normalized spacial score (nSPS) is 10.5. The van der Waals surface area contributed by atoms with Gasteiger partial charge in [0.1, 0.15) is 0 Å². The predicted octanol–water partition coefficient (Wildman–Crippen LogP) is 2.84. The van der Waals surface area contributed by atoms with Gasteiger partial charge in [0.05, 0.1) is 0 Å². The number of anilines is 1. The van der Waals surface area contributed by atoms with Gasteiger partial charge in [-0.2, -0.15) is 0 Å². The Morgan fingerprint density at radius 3 is 2.32 bits per heavy atom. The molecule has 0 heterocycles. The number of benzene rings is 1. The van der Waals surface area contributed by atoms with Crippen molar-refractivity contribution in [1.29, 1.82) is 0 Å². The molecule has 0 atom stereocenters. The molecule has 0 bridgehead atoms. The molecule has 22 heavy (non-hydrogen) atoms. The van der Waals surface area contributed by atoms with E-state index in [-0.39, 0.29) is 5.91 Å². The van der Waals surface area contributed by atoms with E-state index in [0.29, 0.717) is 17.6 Å². The summed E-state index contributed by atoms with van der Waals surface area (Å²) in [5, 5.41) is 21.0. The van der Waals surface area contributed by atoms with E-state index in [1.807, 2.05) is 0 Å². The van der Waals surface area contributed by atoms with Crippen LogP contribution >= 0.6 is 0 Å². The van der Waals surface area contributed by atoms with Gasteiger partial charge in [-0.1, -0.05) is 64.0 Å². The standard InChI is InChI=1S/C17H28BNO3/c1-2-3-4-5-6-7-8-9-13-17(20)19-16-12-10-11-15(14-16)18(21)22/h10-12,14,21-22H,2-9,13H2,1H3,(H,19,20). The first-order valence-corrected chi connectivity index (χ1v) is 8.39. The zero-order chi connectivity index (χ0) is 16.2. The summed E-state index contributed by atoms with van der Waals surface area (Å²) in [5.74, 6) is -0.0180. The fourth-order valence-corrected chi connectivity index (χ4v) is 2.42. The monoisotopic (exact) mass is 305 g/mol. The van der Waals surface area contributed by atoms with Crippen LogP contribution in [0.2, 0.25) is 0 Å². The zero-order valence-electron chi connectivity index (χ0n) is 13.6. The molecule has 0 saturated carbocycles. The summed E-state index contributed by atoms with van der Waals surface area (Å²) in [6.07, 6.45) is 10.2. The van der Waals surface area contributed by atoms with E-state index in [1.165, 1.54) is 38.5 Å². The molecule has 0 unspecified atom stereocenters. The first kappa shape index (κ1) is 18.7. The van der Waals surface area contributed by atoms with Gasteiger partial charge >= 0.3 is 7.12 Å². The summed E-state index contributed by atoms with van der Waals surface area (Å²) in [5.41, 5.74) is 0.986. The Labute approximate surface area is 134 Å². The van der Waals surface area contributed by atoms with E-state index >= 15 is 0 Å². The lowest BCUT2D eigenvalue weighted by molar-refractivity contribution is -0.116. The van der Waals surface area contributed by atoms with Crippen LogP contribution in [0.1, 0.15) is 64.7 Å². The van der Waals surface area contributed by atoms with Crippen LogP contribution in [0, 0.1) is 0 Å². The summed E-state index contributed by atoms with van der Waals surface area (Å²) in [6, 6.07) is 6.63. The van der Waals surface area contributed by atoms with Gasteiger partial charge in [0.2, 0.25) is 5.91 Å². The third kappa shape index (κ3) is 8.20. The average molecular weight is 305 g/mol. The van der Waals surface area contributed by atoms with Crippen molar-refractivity contribution in [2.24, 2.45) is 0 Å². The van der Waals surface area contributed by atoms with Gasteiger partial charge in [0, 0.05) is 12.1 Å². The fourth-order valence-electron chi connectivity index (χ4n) is 2.42. The molecule has 5 heteroatoms. The third-order valence-electron chi connectivity index (χ3n) is 3.73. The number of hydrogen-bond acceptors (Lipinski definition) is 3. The molecule has 1 rings (SSSR count). The molecule has 0 aliphatic heterocycles. The lowest BCUT2D eigenvalue weighted by Crippen LogP contribution is -2.30. The molecule has 0 saturated heterocycles. The van der Waals surface area contributed by atoms with Crippen LogP contribution in [0.4, 0.5) is 5.69 Å². The van der Waals surface area contributed by atoms with Crippen molar-refractivity contribution < 1.29 is 14.8 Å². The highest BCUT2D eigenvalue weighted by Crippen LogP contribution is 2.11. The summed E-state index contributed by atoms with van der Waals surface area (Å²) in [7, 11) is -1.51. The number of hydrogen-bond donors (Lipinski definition) is 3. The Kier molecular flexibility index (Phi) is 9.59. The molecule has 122 valence electrons. The van der Waals surface area contributed by atoms with Gasteiger partial charge in [-0.15, -0.1) is 0 Å².